The summed E-state index contributed by atoms with van der Waals surface area (Å²) in [6.45, 7) is 4.50. The van der Waals surface area contributed by atoms with E-state index in [0.717, 1.165) is 103 Å². The molecule has 0 aliphatic carbocycles. The minimum Gasteiger partial charge on any atom is -0.462 e. The van der Waals surface area contributed by atoms with Gasteiger partial charge >= 0.3 is 39.5 Å². The highest BCUT2D eigenvalue weighted by Crippen LogP contribution is 2.45. The van der Waals surface area contributed by atoms with Crippen molar-refractivity contribution in [2.24, 2.45) is 0 Å². The number of carbonyl (C=O) groups is 4. The normalized spacial score (nSPS) is 14.7. The third-order valence-electron chi connectivity index (χ3n) is 10.9. The van der Waals surface area contributed by atoms with Gasteiger partial charge in [-0.25, -0.2) is 9.13 Å². The van der Waals surface area contributed by atoms with Gasteiger partial charge in [0.1, 0.15) is 19.3 Å². The van der Waals surface area contributed by atoms with Gasteiger partial charge in [0.25, 0.3) is 0 Å². The van der Waals surface area contributed by atoms with Crippen LogP contribution in [-0.4, -0.2) is 96.7 Å². The molecule has 0 saturated carbocycles. The standard InChI is InChI=1S/C48H92O17P2/c1-5-9-13-17-18-19-20-21-22-23-27-31-35-48(53)65-44(39-59-46(51)33-29-25-15-11-7-3)41-63-67(56,57)61-37-42(49)36-60-66(54,55)62-40-43(64-47(52)34-30-26-16-12-8-4)38-58-45(50)32-28-24-14-10-6-2/h42-44,49H,5-41H2,1-4H3,(H,54,55)(H,56,57)/t42-,43+,44+/m0/s1. The highest BCUT2D eigenvalue weighted by Gasteiger charge is 2.30. The summed E-state index contributed by atoms with van der Waals surface area (Å²) in [4.78, 5) is 70.7. The van der Waals surface area contributed by atoms with Gasteiger partial charge in [-0.1, -0.05) is 175 Å². The van der Waals surface area contributed by atoms with Gasteiger partial charge in [0.05, 0.1) is 26.4 Å². The number of unbranched alkanes of at least 4 members (excludes halogenated alkanes) is 23. The number of rotatable bonds is 49. The second kappa shape index (κ2) is 44.0. The number of hydrogen-bond acceptors (Lipinski definition) is 15. The van der Waals surface area contributed by atoms with E-state index in [4.69, 9.17) is 37.0 Å². The average Bonchev–Trinajstić information content (AvgIpc) is 3.29. The maximum absolute atomic E-state index is 12.8. The van der Waals surface area contributed by atoms with E-state index in [-0.39, 0.29) is 25.7 Å². The molecule has 0 fully saturated rings. The molecule has 0 amide bonds. The monoisotopic (exact) mass is 1000 g/mol. The van der Waals surface area contributed by atoms with E-state index >= 15 is 0 Å². The highest BCUT2D eigenvalue weighted by molar-refractivity contribution is 7.47. The van der Waals surface area contributed by atoms with E-state index in [2.05, 4.69) is 27.7 Å². The number of hydrogen-bond donors (Lipinski definition) is 3. The summed E-state index contributed by atoms with van der Waals surface area (Å²) in [6, 6.07) is 0. The molecule has 396 valence electrons. The molecule has 67 heavy (non-hydrogen) atoms. The smallest absolute Gasteiger partial charge is 0.462 e. The molecule has 0 bridgehead atoms. The summed E-state index contributed by atoms with van der Waals surface area (Å²) in [6.07, 6.45) is 23.6. The Balaban J connectivity index is 5.08. The zero-order valence-electron chi connectivity index (χ0n) is 41.8. The molecule has 0 heterocycles. The molecule has 0 radical (unpaired) electrons. The van der Waals surface area contributed by atoms with Crippen molar-refractivity contribution in [2.75, 3.05) is 39.6 Å². The fourth-order valence-corrected chi connectivity index (χ4v) is 8.38. The number of aliphatic hydroxyl groups excluding tert-OH is 1. The topological polar surface area (TPSA) is 237 Å². The number of aliphatic hydroxyl groups is 1. The third-order valence-corrected chi connectivity index (χ3v) is 12.8. The summed E-state index contributed by atoms with van der Waals surface area (Å²) < 4.78 is 66.7. The molecule has 3 N–H and O–H groups in total. The van der Waals surface area contributed by atoms with E-state index in [1.165, 1.54) is 44.9 Å². The van der Waals surface area contributed by atoms with E-state index in [1.54, 1.807) is 0 Å². The molecule has 0 aromatic heterocycles. The van der Waals surface area contributed by atoms with Crippen LogP contribution >= 0.6 is 15.6 Å². The lowest BCUT2D eigenvalue weighted by atomic mass is 10.0. The van der Waals surface area contributed by atoms with E-state index in [0.29, 0.717) is 25.7 Å². The Morgan fingerprint density at radius 2 is 0.597 bits per heavy atom. The number of ether oxygens (including phenoxy) is 4. The first-order valence-corrected chi connectivity index (χ1v) is 28.8. The average molecular weight is 1000 g/mol. The van der Waals surface area contributed by atoms with Crippen molar-refractivity contribution >= 4 is 39.5 Å². The molecule has 0 aliphatic rings. The lowest BCUT2D eigenvalue weighted by Crippen LogP contribution is -2.30. The Hall–Kier alpha value is -1.94. The fraction of sp³-hybridized carbons (Fsp3) is 0.917. The SMILES string of the molecule is CCCCCCCCCCCCCCC(=O)O[C@H](COC(=O)CCCCCCC)COP(=O)(O)OC[C@@H](O)COP(=O)(O)OC[C@@H](COC(=O)CCCCCCC)OC(=O)CCCCCCC. The van der Waals surface area contributed by atoms with Crippen LogP contribution in [0.15, 0.2) is 0 Å². The van der Waals surface area contributed by atoms with Crippen LogP contribution in [0.2, 0.25) is 0 Å². The molecule has 0 saturated heterocycles. The van der Waals surface area contributed by atoms with Gasteiger partial charge in [-0.05, 0) is 25.7 Å². The van der Waals surface area contributed by atoms with Gasteiger partial charge in [-0.2, -0.15) is 0 Å². The number of phosphoric acid groups is 2. The number of esters is 4. The first-order chi connectivity index (χ1) is 32.2. The first-order valence-electron chi connectivity index (χ1n) is 25.8. The van der Waals surface area contributed by atoms with Gasteiger partial charge in [0, 0.05) is 25.7 Å². The quantitative estimate of drug-likeness (QED) is 0.0222. The Labute approximate surface area is 403 Å². The Morgan fingerprint density at radius 1 is 0.358 bits per heavy atom. The molecule has 19 heteroatoms. The van der Waals surface area contributed by atoms with Crippen LogP contribution in [0, 0.1) is 0 Å². The lowest BCUT2D eigenvalue weighted by Gasteiger charge is -2.21. The predicted molar refractivity (Wildman–Crippen MR) is 257 cm³/mol. The Kier molecular flexibility index (Phi) is 42.8. The van der Waals surface area contributed by atoms with E-state index in [9.17, 15) is 43.2 Å². The number of carbonyl (C=O) groups excluding carboxylic acids is 4. The maximum Gasteiger partial charge on any atom is 0.472 e. The molecule has 0 rings (SSSR count). The zero-order chi connectivity index (χ0) is 49.9. The van der Waals surface area contributed by atoms with Crippen molar-refractivity contribution in [3.8, 4) is 0 Å². The van der Waals surface area contributed by atoms with Crippen molar-refractivity contribution in [1.82, 2.24) is 0 Å². The van der Waals surface area contributed by atoms with Gasteiger partial charge in [-0.3, -0.25) is 37.3 Å². The Morgan fingerprint density at radius 3 is 0.881 bits per heavy atom. The van der Waals surface area contributed by atoms with Gasteiger partial charge in [0.15, 0.2) is 12.2 Å². The zero-order valence-corrected chi connectivity index (χ0v) is 43.6. The van der Waals surface area contributed by atoms with Crippen LogP contribution in [-0.2, 0) is 65.4 Å². The molecular weight excluding hydrogens is 910 g/mol. The van der Waals surface area contributed by atoms with E-state index < -0.39 is 97.5 Å². The van der Waals surface area contributed by atoms with Gasteiger partial charge in [0.2, 0.25) is 0 Å². The summed E-state index contributed by atoms with van der Waals surface area (Å²) in [5.74, 6) is -2.19. The molecule has 0 spiro atoms. The lowest BCUT2D eigenvalue weighted by molar-refractivity contribution is -0.161. The van der Waals surface area contributed by atoms with Gasteiger partial charge < -0.3 is 33.8 Å². The minimum atomic E-state index is -4.92. The second-order valence-corrected chi connectivity index (χ2v) is 20.4. The van der Waals surface area contributed by atoms with Crippen LogP contribution in [0.5, 0.6) is 0 Å². The van der Waals surface area contributed by atoms with Crippen LogP contribution < -0.4 is 0 Å². The molecule has 0 aliphatic heterocycles. The molecule has 0 aromatic carbocycles. The van der Waals surface area contributed by atoms with Crippen LogP contribution in [0.4, 0.5) is 0 Å². The fourth-order valence-electron chi connectivity index (χ4n) is 6.80. The second-order valence-electron chi connectivity index (χ2n) is 17.5. The molecule has 2 unspecified atom stereocenters. The number of phosphoric ester groups is 2. The summed E-state index contributed by atoms with van der Waals surface area (Å²) in [5, 5.41) is 10.4. The van der Waals surface area contributed by atoms with Crippen molar-refractivity contribution in [3.05, 3.63) is 0 Å². The van der Waals surface area contributed by atoms with Crippen molar-refractivity contribution in [3.63, 3.8) is 0 Å². The van der Waals surface area contributed by atoms with E-state index in [1.807, 2.05) is 0 Å². The summed E-state index contributed by atoms with van der Waals surface area (Å²) in [5.41, 5.74) is 0. The van der Waals surface area contributed by atoms with Crippen molar-refractivity contribution < 1.29 is 80.2 Å². The minimum absolute atomic E-state index is 0.0987. The molecule has 0 aromatic rings. The third kappa shape index (κ3) is 43.8. The highest BCUT2D eigenvalue weighted by atomic mass is 31.2. The van der Waals surface area contributed by atoms with Gasteiger partial charge in [-0.15, -0.1) is 0 Å². The molecule has 17 nitrogen and oxygen atoms in total. The maximum atomic E-state index is 12.8. The van der Waals surface area contributed by atoms with Crippen LogP contribution in [0.3, 0.4) is 0 Å². The van der Waals surface area contributed by atoms with Crippen LogP contribution in [0.25, 0.3) is 0 Å². The first kappa shape index (κ1) is 65.1. The largest absolute Gasteiger partial charge is 0.472 e. The van der Waals surface area contributed by atoms with Crippen molar-refractivity contribution in [1.29, 1.82) is 0 Å². The Bertz CT molecular complexity index is 1340. The van der Waals surface area contributed by atoms with Crippen LogP contribution in [0.1, 0.15) is 227 Å². The predicted octanol–water partition coefficient (Wildman–Crippen LogP) is 11.7. The summed E-state index contributed by atoms with van der Waals surface area (Å²) in [7, 11) is -9.82. The molecular formula is C48H92O17P2. The van der Waals surface area contributed by atoms with Crippen molar-refractivity contribution in [2.45, 2.75) is 245 Å². The molecule has 5 atom stereocenters. The summed E-state index contributed by atoms with van der Waals surface area (Å²) >= 11 is 0.